The van der Waals surface area contributed by atoms with Crippen molar-refractivity contribution in [1.82, 2.24) is 9.88 Å². The number of anilines is 1. The lowest BCUT2D eigenvalue weighted by molar-refractivity contribution is -0.0386. The fourth-order valence-corrected chi connectivity index (χ4v) is 2.25. The Hall–Kier alpha value is -1.62. The number of hydrogen-bond donors (Lipinski definition) is 1. The lowest BCUT2D eigenvalue weighted by atomic mass is 10.1. The van der Waals surface area contributed by atoms with Crippen LogP contribution in [-0.2, 0) is 4.74 Å². The van der Waals surface area contributed by atoms with Crippen LogP contribution in [-0.4, -0.2) is 47.6 Å². The van der Waals surface area contributed by atoms with E-state index in [9.17, 15) is 4.79 Å². The molecule has 5 heteroatoms. The highest BCUT2D eigenvalue weighted by Crippen LogP contribution is 2.20. The number of carbonyl (C=O) groups excluding carboxylic acids is 1. The second-order valence-electron chi connectivity index (χ2n) is 4.90. The van der Waals surface area contributed by atoms with Gasteiger partial charge < -0.3 is 15.0 Å². The molecule has 0 saturated carbocycles. The van der Waals surface area contributed by atoms with E-state index in [-0.39, 0.29) is 18.1 Å². The van der Waals surface area contributed by atoms with Crippen LogP contribution < -0.4 is 5.32 Å². The van der Waals surface area contributed by atoms with Crippen LogP contribution in [0.4, 0.5) is 5.69 Å². The molecule has 2 atom stereocenters. The Kier molecular flexibility index (Phi) is 4.37. The van der Waals surface area contributed by atoms with Gasteiger partial charge in [0.1, 0.15) is 0 Å². The molecule has 5 nitrogen and oxygen atoms in total. The summed E-state index contributed by atoms with van der Waals surface area (Å²) in [7, 11) is 0. The maximum atomic E-state index is 12.7. The molecule has 2 rings (SSSR count). The predicted octanol–water partition coefficient (Wildman–Crippen LogP) is 1.76. The van der Waals surface area contributed by atoms with Crippen molar-refractivity contribution in [3.8, 4) is 0 Å². The first-order valence-corrected chi connectivity index (χ1v) is 6.74. The van der Waals surface area contributed by atoms with E-state index in [2.05, 4.69) is 10.3 Å². The number of pyridine rings is 1. The van der Waals surface area contributed by atoms with E-state index in [1.54, 1.807) is 18.5 Å². The molecule has 1 fully saturated rings. The number of amides is 1. The average Bonchev–Trinajstić information content (AvgIpc) is 2.42. The number of carbonyl (C=O) groups is 1. The van der Waals surface area contributed by atoms with Gasteiger partial charge in [-0.25, -0.2) is 0 Å². The fourth-order valence-electron chi connectivity index (χ4n) is 2.25. The van der Waals surface area contributed by atoms with Crippen LogP contribution in [0.25, 0.3) is 0 Å². The summed E-state index contributed by atoms with van der Waals surface area (Å²) in [4.78, 5) is 18.6. The highest BCUT2D eigenvalue weighted by Gasteiger charge is 2.29. The molecule has 1 aromatic heterocycles. The van der Waals surface area contributed by atoms with Crippen molar-refractivity contribution in [2.75, 3.05) is 25.0 Å². The van der Waals surface area contributed by atoms with Crippen molar-refractivity contribution in [2.24, 2.45) is 0 Å². The Morgan fingerprint density at radius 3 is 3.11 bits per heavy atom. The third-order valence-corrected chi connectivity index (χ3v) is 3.29. The van der Waals surface area contributed by atoms with Crippen LogP contribution in [0.1, 0.15) is 31.1 Å². The van der Waals surface area contributed by atoms with Crippen molar-refractivity contribution >= 4 is 11.6 Å². The van der Waals surface area contributed by atoms with Gasteiger partial charge in [-0.15, -0.1) is 0 Å². The van der Waals surface area contributed by atoms with Crippen molar-refractivity contribution in [3.63, 3.8) is 0 Å². The predicted molar refractivity (Wildman–Crippen MR) is 74.3 cm³/mol. The molecule has 2 heterocycles. The van der Waals surface area contributed by atoms with Gasteiger partial charge in [0.2, 0.25) is 0 Å². The molecule has 1 N–H and O–H groups in total. The number of hydrogen-bond acceptors (Lipinski definition) is 4. The minimum atomic E-state index is 0.0426. The molecule has 0 bridgehead atoms. The summed E-state index contributed by atoms with van der Waals surface area (Å²) < 4.78 is 5.56. The van der Waals surface area contributed by atoms with Gasteiger partial charge in [0, 0.05) is 19.3 Å². The quantitative estimate of drug-likeness (QED) is 0.903. The first-order chi connectivity index (χ1) is 9.13. The largest absolute Gasteiger partial charge is 0.383 e. The molecule has 0 aromatic carbocycles. The summed E-state index contributed by atoms with van der Waals surface area (Å²) in [6.07, 6.45) is 3.44. The van der Waals surface area contributed by atoms with E-state index < -0.39 is 0 Å². The second-order valence-corrected chi connectivity index (χ2v) is 4.90. The molecule has 1 aromatic rings. The van der Waals surface area contributed by atoms with E-state index in [1.165, 1.54) is 0 Å². The Morgan fingerprint density at radius 1 is 1.58 bits per heavy atom. The Morgan fingerprint density at radius 2 is 2.37 bits per heavy atom. The third-order valence-electron chi connectivity index (χ3n) is 3.29. The van der Waals surface area contributed by atoms with E-state index >= 15 is 0 Å². The fraction of sp³-hybridized carbons (Fsp3) is 0.571. The minimum Gasteiger partial charge on any atom is -0.383 e. The maximum Gasteiger partial charge on any atom is 0.256 e. The van der Waals surface area contributed by atoms with Gasteiger partial charge in [-0.1, -0.05) is 0 Å². The van der Waals surface area contributed by atoms with Crippen LogP contribution in [0.2, 0.25) is 0 Å². The van der Waals surface area contributed by atoms with Crippen LogP contribution in [0.3, 0.4) is 0 Å². The SMILES string of the molecule is CCNc1cnccc1C(=O)N1CC(C)OCC1C. The molecular formula is C14H21N3O2. The summed E-state index contributed by atoms with van der Waals surface area (Å²) in [5, 5.41) is 3.18. The lowest BCUT2D eigenvalue weighted by Gasteiger charge is -2.37. The zero-order chi connectivity index (χ0) is 13.8. The molecule has 1 amide bonds. The summed E-state index contributed by atoms with van der Waals surface area (Å²) >= 11 is 0. The van der Waals surface area contributed by atoms with Crippen LogP contribution in [0.15, 0.2) is 18.5 Å². The third kappa shape index (κ3) is 3.04. The molecule has 1 aliphatic heterocycles. The molecule has 2 unspecified atom stereocenters. The zero-order valence-corrected chi connectivity index (χ0v) is 11.7. The van der Waals surface area contributed by atoms with E-state index in [0.717, 1.165) is 12.2 Å². The number of aromatic nitrogens is 1. The van der Waals surface area contributed by atoms with Gasteiger partial charge in [-0.2, -0.15) is 0 Å². The average molecular weight is 263 g/mol. The van der Waals surface area contributed by atoms with Gasteiger partial charge in [0.05, 0.1) is 36.2 Å². The second kappa shape index (κ2) is 6.02. The number of rotatable bonds is 3. The van der Waals surface area contributed by atoms with Crippen molar-refractivity contribution in [2.45, 2.75) is 32.9 Å². The summed E-state index contributed by atoms with van der Waals surface area (Å²) in [5.74, 6) is 0.0426. The normalized spacial score (nSPS) is 23.2. The highest BCUT2D eigenvalue weighted by atomic mass is 16.5. The molecule has 1 aliphatic rings. The summed E-state index contributed by atoms with van der Waals surface area (Å²) in [6.45, 7) is 7.99. The molecule has 19 heavy (non-hydrogen) atoms. The monoisotopic (exact) mass is 263 g/mol. The molecule has 0 spiro atoms. The zero-order valence-electron chi connectivity index (χ0n) is 11.7. The van der Waals surface area contributed by atoms with Crippen molar-refractivity contribution in [3.05, 3.63) is 24.0 Å². The Bertz CT molecular complexity index is 450. The number of nitrogens with one attached hydrogen (secondary N) is 1. The number of morpholine rings is 1. The van der Waals surface area contributed by atoms with Gasteiger partial charge in [0.25, 0.3) is 5.91 Å². The van der Waals surface area contributed by atoms with E-state index in [4.69, 9.17) is 4.74 Å². The highest BCUT2D eigenvalue weighted by molar-refractivity contribution is 5.99. The number of ether oxygens (including phenoxy) is 1. The molecule has 0 aliphatic carbocycles. The standard InChI is InChI=1S/C14H21N3O2/c1-4-16-13-7-15-6-5-12(13)14(18)17-8-11(3)19-9-10(17)2/h5-7,10-11,16H,4,8-9H2,1-3H3. The molecule has 1 saturated heterocycles. The van der Waals surface area contributed by atoms with Crippen molar-refractivity contribution < 1.29 is 9.53 Å². The van der Waals surface area contributed by atoms with Gasteiger partial charge in [0.15, 0.2) is 0 Å². The number of nitrogens with zero attached hydrogens (tertiary/aromatic N) is 2. The Labute approximate surface area is 114 Å². The van der Waals surface area contributed by atoms with Gasteiger partial charge in [-0.05, 0) is 26.8 Å². The first-order valence-electron chi connectivity index (χ1n) is 6.74. The first kappa shape index (κ1) is 13.8. The molecule has 104 valence electrons. The summed E-state index contributed by atoms with van der Waals surface area (Å²) in [6, 6.07) is 1.87. The minimum absolute atomic E-state index is 0.0426. The van der Waals surface area contributed by atoms with Crippen LogP contribution in [0, 0.1) is 0 Å². The molecular weight excluding hydrogens is 242 g/mol. The van der Waals surface area contributed by atoms with E-state index in [1.807, 2.05) is 25.7 Å². The van der Waals surface area contributed by atoms with Crippen LogP contribution in [0.5, 0.6) is 0 Å². The molecule has 0 radical (unpaired) electrons. The van der Waals surface area contributed by atoms with Crippen LogP contribution >= 0.6 is 0 Å². The van der Waals surface area contributed by atoms with Gasteiger partial charge >= 0.3 is 0 Å². The smallest absolute Gasteiger partial charge is 0.256 e. The summed E-state index contributed by atoms with van der Waals surface area (Å²) in [5.41, 5.74) is 1.47. The topological polar surface area (TPSA) is 54.5 Å². The van der Waals surface area contributed by atoms with Crippen molar-refractivity contribution in [1.29, 1.82) is 0 Å². The Balaban J connectivity index is 2.23. The maximum absolute atomic E-state index is 12.7. The lowest BCUT2D eigenvalue weighted by Crippen LogP contribution is -2.50. The van der Waals surface area contributed by atoms with E-state index in [0.29, 0.717) is 18.7 Å². The van der Waals surface area contributed by atoms with Gasteiger partial charge in [-0.3, -0.25) is 9.78 Å².